The number of ether oxygens (including phenoxy) is 2. The topological polar surface area (TPSA) is 59.0 Å². The summed E-state index contributed by atoms with van der Waals surface area (Å²) in [5.74, 6) is -1.34. The van der Waals surface area contributed by atoms with Crippen LogP contribution in [0.3, 0.4) is 0 Å². The van der Waals surface area contributed by atoms with Crippen molar-refractivity contribution in [3.63, 3.8) is 0 Å². The number of phenols is 1. The summed E-state index contributed by atoms with van der Waals surface area (Å²) in [4.78, 5) is 13.6. The molecule has 2 aromatic carbocycles. The fraction of sp³-hybridized carbons (Fsp3) is 0.389. The lowest BCUT2D eigenvalue weighted by atomic mass is 10.00. The highest BCUT2D eigenvalue weighted by Gasteiger charge is 2.37. The molecule has 1 N–H and O–H groups in total. The maximum absolute atomic E-state index is 11.6. The average Bonchev–Trinajstić information content (AvgIpc) is 2.45. The van der Waals surface area contributed by atoms with Gasteiger partial charge in [-0.3, -0.25) is 4.79 Å². The molecule has 5 nitrogen and oxygen atoms in total. The molecule has 2 aromatic rings. The van der Waals surface area contributed by atoms with Crippen molar-refractivity contribution < 1.29 is 19.4 Å². The Balaban J connectivity index is 2.56. The van der Waals surface area contributed by atoms with Gasteiger partial charge in [0.1, 0.15) is 5.75 Å². The summed E-state index contributed by atoms with van der Waals surface area (Å²) >= 11 is 0. The number of carbonyl (C=O) groups is 1. The lowest BCUT2D eigenvalue weighted by Gasteiger charge is -2.35. The average molecular weight is 317 g/mol. The van der Waals surface area contributed by atoms with Crippen LogP contribution < -0.4 is 0 Å². The highest BCUT2D eigenvalue weighted by atomic mass is 16.7. The second-order valence-electron chi connectivity index (χ2n) is 5.76. The predicted octanol–water partition coefficient (Wildman–Crippen LogP) is 2.86. The van der Waals surface area contributed by atoms with Crippen molar-refractivity contribution in [1.29, 1.82) is 0 Å². The molecule has 5 heteroatoms. The van der Waals surface area contributed by atoms with Gasteiger partial charge < -0.3 is 19.5 Å². The summed E-state index contributed by atoms with van der Waals surface area (Å²) in [6.07, 6.45) is 0. The number of nitrogens with zero attached hydrogens (tertiary/aromatic N) is 1. The van der Waals surface area contributed by atoms with Crippen molar-refractivity contribution in [2.75, 3.05) is 27.2 Å². The van der Waals surface area contributed by atoms with Crippen LogP contribution in [0.25, 0.3) is 10.8 Å². The van der Waals surface area contributed by atoms with E-state index >= 15 is 0 Å². The van der Waals surface area contributed by atoms with E-state index in [0.717, 1.165) is 16.3 Å². The summed E-state index contributed by atoms with van der Waals surface area (Å²) in [7, 11) is 3.80. The SMILES string of the molecule is CCOC(CN(C)C)(OC(C)=O)c1ccc2cc(O)ccc2c1. The first-order valence-corrected chi connectivity index (χ1v) is 7.58. The molecule has 0 aliphatic heterocycles. The molecule has 0 saturated carbocycles. The number of esters is 1. The van der Waals surface area contributed by atoms with E-state index in [1.165, 1.54) is 6.92 Å². The predicted molar refractivity (Wildman–Crippen MR) is 89.2 cm³/mol. The molecule has 1 unspecified atom stereocenters. The van der Waals surface area contributed by atoms with Crippen LogP contribution in [0.4, 0.5) is 0 Å². The Hall–Kier alpha value is -2.11. The maximum Gasteiger partial charge on any atom is 0.305 e. The molecule has 0 radical (unpaired) electrons. The number of likely N-dealkylation sites (N-methyl/N-ethyl adjacent to an activating group) is 1. The van der Waals surface area contributed by atoms with Gasteiger partial charge in [-0.15, -0.1) is 0 Å². The summed E-state index contributed by atoms with van der Waals surface area (Å²) in [6.45, 7) is 4.06. The lowest BCUT2D eigenvalue weighted by Crippen LogP contribution is -2.43. The molecular weight excluding hydrogens is 294 g/mol. The molecule has 0 amide bonds. The molecular formula is C18H23NO4. The smallest absolute Gasteiger partial charge is 0.305 e. The Morgan fingerprint density at radius 1 is 1.17 bits per heavy atom. The molecule has 0 spiro atoms. The molecule has 0 saturated heterocycles. The van der Waals surface area contributed by atoms with Gasteiger partial charge in [0.05, 0.1) is 6.54 Å². The first-order valence-electron chi connectivity index (χ1n) is 7.58. The fourth-order valence-corrected chi connectivity index (χ4v) is 2.69. The van der Waals surface area contributed by atoms with E-state index in [0.29, 0.717) is 13.2 Å². The van der Waals surface area contributed by atoms with Crippen LogP contribution in [0.5, 0.6) is 5.75 Å². The summed E-state index contributed by atoms with van der Waals surface area (Å²) in [6, 6.07) is 10.8. The number of benzene rings is 2. The number of phenolic OH excluding ortho intramolecular Hbond substituents is 1. The number of hydrogen-bond donors (Lipinski definition) is 1. The van der Waals surface area contributed by atoms with E-state index in [9.17, 15) is 9.90 Å². The summed E-state index contributed by atoms with van der Waals surface area (Å²) in [5, 5.41) is 11.4. The summed E-state index contributed by atoms with van der Waals surface area (Å²) < 4.78 is 11.5. The minimum Gasteiger partial charge on any atom is -0.508 e. The lowest BCUT2D eigenvalue weighted by molar-refractivity contribution is -0.241. The Labute approximate surface area is 136 Å². The van der Waals surface area contributed by atoms with Crippen molar-refractivity contribution in [2.24, 2.45) is 0 Å². The van der Waals surface area contributed by atoms with Crippen molar-refractivity contribution >= 4 is 16.7 Å². The molecule has 1 atom stereocenters. The van der Waals surface area contributed by atoms with Gasteiger partial charge >= 0.3 is 5.97 Å². The van der Waals surface area contributed by atoms with Crippen LogP contribution in [0.2, 0.25) is 0 Å². The highest BCUT2D eigenvalue weighted by molar-refractivity contribution is 5.84. The third-order valence-corrected chi connectivity index (χ3v) is 3.47. The van der Waals surface area contributed by atoms with E-state index in [1.54, 1.807) is 12.1 Å². The Morgan fingerprint density at radius 3 is 2.43 bits per heavy atom. The standard InChI is InChI=1S/C18H23NO4/c1-5-22-18(12-19(3)4,23-13(2)20)16-8-6-15-11-17(21)9-7-14(15)10-16/h6-11,21H,5,12H2,1-4H3. The van der Waals surface area contributed by atoms with E-state index in [-0.39, 0.29) is 5.75 Å². The van der Waals surface area contributed by atoms with Crippen LogP contribution >= 0.6 is 0 Å². The van der Waals surface area contributed by atoms with Crippen molar-refractivity contribution in [2.45, 2.75) is 19.6 Å². The quantitative estimate of drug-likeness (QED) is 0.656. The Bertz CT molecular complexity index is 698. The van der Waals surface area contributed by atoms with Crippen LogP contribution in [-0.2, 0) is 20.1 Å². The van der Waals surface area contributed by atoms with Crippen molar-refractivity contribution in [3.8, 4) is 5.75 Å². The molecule has 0 fully saturated rings. The number of rotatable bonds is 6. The number of hydrogen-bond acceptors (Lipinski definition) is 5. The first-order chi connectivity index (χ1) is 10.9. The van der Waals surface area contributed by atoms with E-state index < -0.39 is 11.8 Å². The van der Waals surface area contributed by atoms with Gasteiger partial charge in [-0.1, -0.05) is 18.2 Å². The van der Waals surface area contributed by atoms with Gasteiger partial charge in [-0.25, -0.2) is 0 Å². The molecule has 124 valence electrons. The number of aromatic hydroxyl groups is 1. The molecule has 2 rings (SSSR count). The molecule has 23 heavy (non-hydrogen) atoms. The Morgan fingerprint density at radius 2 is 1.83 bits per heavy atom. The number of carbonyl (C=O) groups excluding carboxylic acids is 1. The zero-order chi connectivity index (χ0) is 17.0. The van der Waals surface area contributed by atoms with Crippen LogP contribution in [0.15, 0.2) is 36.4 Å². The van der Waals surface area contributed by atoms with Crippen LogP contribution in [0.1, 0.15) is 19.4 Å². The van der Waals surface area contributed by atoms with Gasteiger partial charge in [0, 0.05) is 19.1 Å². The monoisotopic (exact) mass is 317 g/mol. The van der Waals surface area contributed by atoms with Gasteiger partial charge in [-0.05, 0) is 50.0 Å². The third kappa shape index (κ3) is 4.00. The zero-order valence-electron chi connectivity index (χ0n) is 14.0. The maximum atomic E-state index is 11.6. The molecule has 0 aromatic heterocycles. The van der Waals surface area contributed by atoms with Gasteiger partial charge in [-0.2, -0.15) is 0 Å². The van der Waals surface area contributed by atoms with Gasteiger partial charge in [0.15, 0.2) is 0 Å². The van der Waals surface area contributed by atoms with Crippen molar-refractivity contribution in [3.05, 3.63) is 42.0 Å². The molecule has 0 bridgehead atoms. The number of fused-ring (bicyclic) bond motifs is 1. The molecule has 0 aliphatic carbocycles. The largest absolute Gasteiger partial charge is 0.508 e. The van der Waals surface area contributed by atoms with Gasteiger partial charge in [0.25, 0.3) is 5.79 Å². The van der Waals surface area contributed by atoms with E-state index in [4.69, 9.17) is 9.47 Å². The Kier molecular flexibility index (Phi) is 5.23. The van der Waals surface area contributed by atoms with Crippen LogP contribution in [0, 0.1) is 0 Å². The minimum absolute atomic E-state index is 0.217. The third-order valence-electron chi connectivity index (χ3n) is 3.47. The molecule has 0 aliphatic rings. The normalized spacial score (nSPS) is 14.0. The summed E-state index contributed by atoms with van der Waals surface area (Å²) in [5.41, 5.74) is 0.765. The van der Waals surface area contributed by atoms with E-state index in [1.807, 2.05) is 50.2 Å². The van der Waals surface area contributed by atoms with E-state index in [2.05, 4.69) is 0 Å². The minimum atomic E-state index is -1.16. The van der Waals surface area contributed by atoms with Crippen molar-refractivity contribution in [1.82, 2.24) is 4.90 Å². The second-order valence-corrected chi connectivity index (χ2v) is 5.76. The highest BCUT2D eigenvalue weighted by Crippen LogP contribution is 2.32. The first kappa shape index (κ1) is 17.2. The molecule has 0 heterocycles. The van der Waals surface area contributed by atoms with Crippen LogP contribution in [-0.4, -0.2) is 43.2 Å². The zero-order valence-corrected chi connectivity index (χ0v) is 14.0. The van der Waals surface area contributed by atoms with Gasteiger partial charge in [0.2, 0.25) is 0 Å². The fourth-order valence-electron chi connectivity index (χ4n) is 2.69. The second kappa shape index (κ2) is 6.98.